The van der Waals surface area contributed by atoms with Crippen molar-refractivity contribution >= 4 is 39.6 Å². The molecular formula is C20H17N3O2. The Morgan fingerprint density at radius 1 is 1.04 bits per heavy atom. The van der Waals surface area contributed by atoms with Gasteiger partial charge in [-0.2, -0.15) is 0 Å². The first kappa shape index (κ1) is 15.2. The predicted molar refractivity (Wildman–Crippen MR) is 99.1 cm³/mol. The molecule has 0 bridgehead atoms. The van der Waals surface area contributed by atoms with Crippen molar-refractivity contribution in [2.24, 2.45) is 5.73 Å². The molecule has 124 valence electrons. The molecule has 1 unspecified atom stereocenters. The number of hydrogen-bond donors (Lipinski definition) is 2. The minimum atomic E-state index is -0.520. The van der Waals surface area contributed by atoms with Gasteiger partial charge in [-0.1, -0.05) is 30.3 Å². The molecule has 0 aliphatic carbocycles. The molecule has 2 amide bonds. The van der Waals surface area contributed by atoms with Crippen molar-refractivity contribution in [3.05, 3.63) is 66.2 Å². The highest BCUT2D eigenvalue weighted by Crippen LogP contribution is 2.39. The van der Waals surface area contributed by atoms with E-state index in [0.29, 0.717) is 11.3 Å². The standard InChI is InChI=1S/C20H17N3O2/c1-12-20(25)22-17-11-15(19(21)24)7-9-18(17)23(12)16-8-6-13-4-2-3-5-14(13)10-16/h2-12H,1H3,(H2,21,24)(H,22,25). The van der Waals surface area contributed by atoms with Gasteiger partial charge >= 0.3 is 0 Å². The first-order valence-electron chi connectivity index (χ1n) is 8.07. The molecule has 0 saturated heterocycles. The lowest BCUT2D eigenvalue weighted by Crippen LogP contribution is -2.43. The van der Waals surface area contributed by atoms with Gasteiger partial charge in [0.15, 0.2) is 0 Å². The number of amides is 2. The maximum atomic E-state index is 12.4. The van der Waals surface area contributed by atoms with Gasteiger partial charge in [0, 0.05) is 11.3 Å². The summed E-state index contributed by atoms with van der Waals surface area (Å²) < 4.78 is 0. The summed E-state index contributed by atoms with van der Waals surface area (Å²) in [7, 11) is 0. The van der Waals surface area contributed by atoms with E-state index in [1.807, 2.05) is 48.2 Å². The summed E-state index contributed by atoms with van der Waals surface area (Å²) in [6.07, 6.45) is 0. The van der Waals surface area contributed by atoms with Gasteiger partial charge in [0.2, 0.25) is 11.8 Å². The average Bonchev–Trinajstić information content (AvgIpc) is 2.62. The molecule has 0 fully saturated rings. The van der Waals surface area contributed by atoms with E-state index < -0.39 is 5.91 Å². The molecule has 1 aliphatic rings. The molecule has 0 spiro atoms. The SMILES string of the molecule is CC1C(=O)Nc2cc(C(N)=O)ccc2N1c1ccc2ccccc2c1. The molecule has 4 rings (SSSR count). The molecule has 25 heavy (non-hydrogen) atoms. The Morgan fingerprint density at radius 2 is 1.80 bits per heavy atom. The normalized spacial score (nSPS) is 16.4. The number of carbonyl (C=O) groups excluding carboxylic acids is 2. The van der Waals surface area contributed by atoms with Gasteiger partial charge in [-0.25, -0.2) is 0 Å². The zero-order valence-electron chi connectivity index (χ0n) is 13.7. The Bertz CT molecular complexity index is 1010. The van der Waals surface area contributed by atoms with E-state index in [0.717, 1.165) is 22.1 Å². The molecule has 0 aromatic heterocycles. The van der Waals surface area contributed by atoms with Crippen LogP contribution in [-0.4, -0.2) is 17.9 Å². The van der Waals surface area contributed by atoms with Crippen LogP contribution in [0.2, 0.25) is 0 Å². The van der Waals surface area contributed by atoms with Crippen molar-refractivity contribution in [2.75, 3.05) is 10.2 Å². The Kier molecular flexibility index (Phi) is 3.42. The molecule has 3 aromatic carbocycles. The van der Waals surface area contributed by atoms with Gasteiger partial charge in [-0.15, -0.1) is 0 Å². The number of nitrogens with zero attached hydrogens (tertiary/aromatic N) is 1. The fraction of sp³-hybridized carbons (Fsp3) is 0.100. The summed E-state index contributed by atoms with van der Waals surface area (Å²) in [5, 5.41) is 5.10. The average molecular weight is 331 g/mol. The minimum absolute atomic E-state index is 0.123. The van der Waals surface area contributed by atoms with Crippen LogP contribution in [0.1, 0.15) is 17.3 Å². The Balaban J connectivity index is 1.88. The summed E-state index contributed by atoms with van der Waals surface area (Å²) >= 11 is 0. The summed E-state index contributed by atoms with van der Waals surface area (Å²) in [6.45, 7) is 1.86. The maximum Gasteiger partial charge on any atom is 0.248 e. The molecule has 1 heterocycles. The van der Waals surface area contributed by atoms with E-state index in [1.54, 1.807) is 12.1 Å². The van der Waals surface area contributed by atoms with Crippen molar-refractivity contribution < 1.29 is 9.59 Å². The van der Waals surface area contributed by atoms with Crippen LogP contribution in [0.15, 0.2) is 60.7 Å². The highest BCUT2D eigenvalue weighted by Gasteiger charge is 2.31. The fourth-order valence-corrected chi connectivity index (χ4v) is 3.25. The fourth-order valence-electron chi connectivity index (χ4n) is 3.25. The van der Waals surface area contributed by atoms with Crippen molar-refractivity contribution in [1.82, 2.24) is 0 Å². The molecule has 5 nitrogen and oxygen atoms in total. The van der Waals surface area contributed by atoms with Crippen molar-refractivity contribution in [1.29, 1.82) is 0 Å². The predicted octanol–water partition coefficient (Wildman–Crippen LogP) is 3.42. The largest absolute Gasteiger partial charge is 0.366 e. The maximum absolute atomic E-state index is 12.4. The smallest absolute Gasteiger partial charge is 0.248 e. The Morgan fingerprint density at radius 3 is 2.56 bits per heavy atom. The summed E-state index contributed by atoms with van der Waals surface area (Å²) in [5.74, 6) is -0.643. The first-order chi connectivity index (χ1) is 12.0. The molecule has 1 atom stereocenters. The third-order valence-corrected chi connectivity index (χ3v) is 4.58. The van der Waals surface area contributed by atoms with Crippen LogP contribution >= 0.6 is 0 Å². The van der Waals surface area contributed by atoms with Crippen molar-refractivity contribution in [3.8, 4) is 0 Å². The molecule has 3 aromatic rings. The zero-order valence-corrected chi connectivity index (χ0v) is 13.7. The lowest BCUT2D eigenvalue weighted by Gasteiger charge is -2.36. The lowest BCUT2D eigenvalue weighted by molar-refractivity contribution is -0.117. The highest BCUT2D eigenvalue weighted by molar-refractivity contribution is 6.07. The van der Waals surface area contributed by atoms with Crippen molar-refractivity contribution in [3.63, 3.8) is 0 Å². The van der Waals surface area contributed by atoms with Gasteiger partial charge < -0.3 is 16.0 Å². The molecule has 0 radical (unpaired) electrons. The summed E-state index contributed by atoms with van der Waals surface area (Å²) in [5.41, 5.74) is 8.07. The van der Waals surface area contributed by atoms with Gasteiger partial charge in [0.1, 0.15) is 6.04 Å². The van der Waals surface area contributed by atoms with Crippen LogP contribution in [0, 0.1) is 0 Å². The van der Waals surface area contributed by atoms with Crippen molar-refractivity contribution in [2.45, 2.75) is 13.0 Å². The second-order valence-corrected chi connectivity index (χ2v) is 6.16. The van der Waals surface area contributed by atoms with E-state index in [2.05, 4.69) is 17.4 Å². The van der Waals surface area contributed by atoms with Gasteiger partial charge in [-0.05, 0) is 48.0 Å². The number of nitrogens with one attached hydrogen (secondary N) is 1. The number of primary amides is 1. The highest BCUT2D eigenvalue weighted by atomic mass is 16.2. The van der Waals surface area contributed by atoms with Crippen LogP contribution in [-0.2, 0) is 4.79 Å². The van der Waals surface area contributed by atoms with E-state index in [4.69, 9.17) is 5.73 Å². The minimum Gasteiger partial charge on any atom is -0.366 e. The lowest BCUT2D eigenvalue weighted by atomic mass is 10.0. The number of nitrogens with two attached hydrogens (primary N) is 1. The van der Waals surface area contributed by atoms with E-state index in [-0.39, 0.29) is 11.9 Å². The van der Waals surface area contributed by atoms with E-state index in [9.17, 15) is 9.59 Å². The van der Waals surface area contributed by atoms with Gasteiger partial charge in [0.25, 0.3) is 0 Å². The quantitative estimate of drug-likeness (QED) is 0.755. The van der Waals surface area contributed by atoms with E-state index in [1.165, 1.54) is 0 Å². The number of rotatable bonds is 2. The second-order valence-electron chi connectivity index (χ2n) is 6.16. The molecular weight excluding hydrogens is 314 g/mol. The number of carbonyl (C=O) groups is 2. The van der Waals surface area contributed by atoms with Crippen LogP contribution in [0.3, 0.4) is 0 Å². The zero-order chi connectivity index (χ0) is 17.6. The Labute approximate surface area is 145 Å². The monoisotopic (exact) mass is 331 g/mol. The van der Waals surface area contributed by atoms with Crippen LogP contribution in [0.4, 0.5) is 17.1 Å². The molecule has 1 aliphatic heterocycles. The second kappa shape index (κ2) is 5.63. The van der Waals surface area contributed by atoms with Gasteiger partial charge in [-0.3, -0.25) is 9.59 Å². The number of fused-ring (bicyclic) bond motifs is 2. The topological polar surface area (TPSA) is 75.4 Å². The third kappa shape index (κ3) is 2.50. The van der Waals surface area contributed by atoms with Gasteiger partial charge in [0.05, 0.1) is 11.4 Å². The van der Waals surface area contributed by atoms with E-state index >= 15 is 0 Å². The number of anilines is 3. The Hall–Kier alpha value is -3.34. The number of benzene rings is 3. The van der Waals surface area contributed by atoms with Crippen LogP contribution in [0.25, 0.3) is 10.8 Å². The van der Waals surface area contributed by atoms with Crippen LogP contribution < -0.4 is 16.0 Å². The third-order valence-electron chi connectivity index (χ3n) is 4.58. The number of hydrogen-bond acceptors (Lipinski definition) is 3. The summed E-state index contributed by atoms with van der Waals surface area (Å²) in [6, 6.07) is 19.0. The first-order valence-corrected chi connectivity index (χ1v) is 8.07. The molecule has 3 N–H and O–H groups in total. The molecule has 5 heteroatoms. The van der Waals surface area contributed by atoms with Crippen LogP contribution in [0.5, 0.6) is 0 Å². The summed E-state index contributed by atoms with van der Waals surface area (Å²) in [4.78, 5) is 25.8. The molecule has 0 saturated carbocycles.